The molecule has 0 saturated heterocycles. The van der Waals surface area contributed by atoms with Gasteiger partial charge in [0.25, 0.3) is 5.56 Å². The lowest BCUT2D eigenvalue weighted by molar-refractivity contribution is 0.288. The highest BCUT2D eigenvalue weighted by Crippen LogP contribution is 2.30. The lowest BCUT2D eigenvalue weighted by Gasteiger charge is -2.16. The van der Waals surface area contributed by atoms with Gasteiger partial charge in [0, 0.05) is 10.9 Å². The van der Waals surface area contributed by atoms with Crippen molar-refractivity contribution in [3.8, 4) is 11.1 Å². The van der Waals surface area contributed by atoms with Crippen molar-refractivity contribution < 1.29 is 0 Å². The Bertz CT molecular complexity index is 860. The second-order valence-electron chi connectivity index (χ2n) is 5.67. The van der Waals surface area contributed by atoms with Crippen LogP contribution in [-0.2, 0) is 6.54 Å². The first kappa shape index (κ1) is 15.9. The van der Waals surface area contributed by atoms with Gasteiger partial charge in [0.2, 0.25) is 0 Å². The van der Waals surface area contributed by atoms with Gasteiger partial charge in [-0.3, -0.25) is 9.69 Å². The molecule has 2 heterocycles. The highest BCUT2D eigenvalue weighted by molar-refractivity contribution is 7.17. The van der Waals surface area contributed by atoms with Crippen LogP contribution in [0.25, 0.3) is 21.3 Å². The number of thiophene rings is 1. The predicted molar refractivity (Wildman–Crippen MR) is 97.0 cm³/mol. The fourth-order valence-electron chi connectivity index (χ4n) is 2.67. The summed E-state index contributed by atoms with van der Waals surface area (Å²) >= 11 is 1.53. The summed E-state index contributed by atoms with van der Waals surface area (Å²) in [6.07, 6.45) is 0. The quantitative estimate of drug-likeness (QED) is 0.775. The summed E-state index contributed by atoms with van der Waals surface area (Å²) < 4.78 is 0. The molecule has 0 aliphatic carbocycles. The number of hydrogen-bond donors (Lipinski definition) is 1. The monoisotopic (exact) mass is 327 g/mol. The van der Waals surface area contributed by atoms with Gasteiger partial charge in [-0.1, -0.05) is 43.7 Å². The first-order chi connectivity index (χ1) is 11.1. The average molecular weight is 327 g/mol. The van der Waals surface area contributed by atoms with E-state index in [1.54, 1.807) is 0 Å². The van der Waals surface area contributed by atoms with Gasteiger partial charge in [-0.05, 0) is 25.6 Å². The van der Waals surface area contributed by atoms with Crippen molar-refractivity contribution in [1.29, 1.82) is 0 Å². The molecule has 0 fully saturated rings. The number of fused-ring (bicyclic) bond motifs is 1. The SMILES string of the molecule is CCN(CC)Cc1nc2scc(-c3ccc(C)cc3)c2c(=O)[nH]1. The zero-order chi connectivity index (χ0) is 16.4. The topological polar surface area (TPSA) is 49.0 Å². The molecule has 1 N–H and O–H groups in total. The van der Waals surface area contributed by atoms with Crippen LogP contribution in [0.2, 0.25) is 0 Å². The first-order valence-corrected chi connectivity index (χ1v) is 8.80. The van der Waals surface area contributed by atoms with Crippen molar-refractivity contribution in [2.24, 2.45) is 0 Å². The third-order valence-electron chi connectivity index (χ3n) is 4.12. The van der Waals surface area contributed by atoms with Crippen LogP contribution < -0.4 is 5.56 Å². The Morgan fingerprint density at radius 1 is 1.17 bits per heavy atom. The molecule has 4 nitrogen and oxygen atoms in total. The summed E-state index contributed by atoms with van der Waals surface area (Å²) in [6, 6.07) is 8.24. The zero-order valence-electron chi connectivity index (χ0n) is 13.7. The first-order valence-electron chi connectivity index (χ1n) is 7.92. The van der Waals surface area contributed by atoms with Crippen molar-refractivity contribution in [3.05, 3.63) is 51.4 Å². The van der Waals surface area contributed by atoms with Gasteiger partial charge in [0.05, 0.1) is 11.9 Å². The zero-order valence-corrected chi connectivity index (χ0v) is 14.5. The van der Waals surface area contributed by atoms with Crippen molar-refractivity contribution in [2.75, 3.05) is 13.1 Å². The number of H-pyrrole nitrogens is 1. The van der Waals surface area contributed by atoms with E-state index >= 15 is 0 Å². The van der Waals surface area contributed by atoms with E-state index in [1.165, 1.54) is 16.9 Å². The predicted octanol–water partition coefficient (Wildman–Crippen LogP) is 3.80. The number of nitrogens with one attached hydrogen (secondary N) is 1. The number of hydrogen-bond acceptors (Lipinski definition) is 4. The molecule has 2 aromatic heterocycles. The highest BCUT2D eigenvalue weighted by Gasteiger charge is 2.13. The van der Waals surface area contributed by atoms with Crippen LogP contribution in [0.1, 0.15) is 25.2 Å². The Morgan fingerprint density at radius 2 is 1.87 bits per heavy atom. The minimum Gasteiger partial charge on any atom is -0.309 e. The minimum absolute atomic E-state index is 0.0472. The largest absolute Gasteiger partial charge is 0.309 e. The van der Waals surface area contributed by atoms with Crippen molar-refractivity contribution in [2.45, 2.75) is 27.3 Å². The summed E-state index contributed by atoms with van der Waals surface area (Å²) in [6.45, 7) is 8.84. The van der Waals surface area contributed by atoms with Gasteiger partial charge < -0.3 is 4.98 Å². The summed E-state index contributed by atoms with van der Waals surface area (Å²) in [5.41, 5.74) is 3.19. The molecule has 1 aromatic carbocycles. The van der Waals surface area contributed by atoms with Gasteiger partial charge in [-0.2, -0.15) is 0 Å². The van der Waals surface area contributed by atoms with Crippen LogP contribution in [0.5, 0.6) is 0 Å². The maximum absolute atomic E-state index is 12.6. The second kappa shape index (κ2) is 6.64. The van der Waals surface area contributed by atoms with Crippen LogP contribution in [-0.4, -0.2) is 28.0 Å². The lowest BCUT2D eigenvalue weighted by Crippen LogP contribution is -2.25. The van der Waals surface area contributed by atoms with Crippen LogP contribution in [0.4, 0.5) is 0 Å². The van der Waals surface area contributed by atoms with Crippen molar-refractivity contribution in [3.63, 3.8) is 0 Å². The number of aromatic nitrogens is 2. The molecule has 3 rings (SSSR count). The number of nitrogens with zero attached hydrogens (tertiary/aromatic N) is 2. The van der Waals surface area contributed by atoms with Crippen molar-refractivity contribution in [1.82, 2.24) is 14.9 Å². The smallest absolute Gasteiger partial charge is 0.260 e. The number of rotatable bonds is 5. The van der Waals surface area contributed by atoms with Gasteiger partial charge >= 0.3 is 0 Å². The van der Waals surface area contributed by atoms with Gasteiger partial charge in [0.15, 0.2) is 0 Å². The van der Waals surface area contributed by atoms with E-state index in [-0.39, 0.29) is 5.56 Å². The average Bonchev–Trinajstić information content (AvgIpc) is 2.98. The molecule has 5 heteroatoms. The molecule has 0 atom stereocenters. The fraction of sp³-hybridized carbons (Fsp3) is 0.333. The molecule has 0 spiro atoms. The van der Waals surface area contributed by atoms with Crippen LogP contribution in [0.15, 0.2) is 34.4 Å². The highest BCUT2D eigenvalue weighted by atomic mass is 32.1. The standard InChI is InChI=1S/C18H21N3OS/c1-4-21(5-2)10-15-19-17(22)16-14(11-23-18(16)20-15)13-8-6-12(3)7-9-13/h6-9,11H,4-5,10H2,1-3H3,(H,19,20,22). The lowest BCUT2D eigenvalue weighted by atomic mass is 10.1. The molecule has 3 aromatic rings. The van der Waals surface area contributed by atoms with E-state index in [9.17, 15) is 4.79 Å². The maximum Gasteiger partial charge on any atom is 0.260 e. The van der Waals surface area contributed by atoms with E-state index < -0.39 is 0 Å². The molecular weight excluding hydrogens is 306 g/mol. The summed E-state index contributed by atoms with van der Waals surface area (Å²) in [5, 5.41) is 2.72. The minimum atomic E-state index is -0.0472. The molecule has 0 aliphatic heterocycles. The molecule has 0 amide bonds. The van der Waals surface area contributed by atoms with Crippen LogP contribution in [0, 0.1) is 6.92 Å². The summed E-state index contributed by atoms with van der Waals surface area (Å²) in [7, 11) is 0. The Balaban J connectivity index is 2.04. The third-order valence-corrected chi connectivity index (χ3v) is 5.00. The summed E-state index contributed by atoms with van der Waals surface area (Å²) in [5.74, 6) is 0.739. The molecule has 0 unspecified atom stereocenters. The molecule has 120 valence electrons. The number of aryl methyl sites for hydroxylation is 1. The van der Waals surface area contributed by atoms with Gasteiger partial charge in [0.1, 0.15) is 10.7 Å². The van der Waals surface area contributed by atoms with E-state index in [1.807, 2.05) is 5.38 Å². The van der Waals surface area contributed by atoms with E-state index in [4.69, 9.17) is 0 Å². The molecular formula is C18H21N3OS. The van der Waals surface area contributed by atoms with Crippen LogP contribution >= 0.6 is 11.3 Å². The Labute approximate surface area is 139 Å². The van der Waals surface area contributed by atoms with Gasteiger partial charge in [-0.25, -0.2) is 4.98 Å². The Kier molecular flexibility index (Phi) is 4.59. The van der Waals surface area contributed by atoms with Crippen LogP contribution in [0.3, 0.4) is 0 Å². The molecule has 0 aliphatic rings. The number of benzene rings is 1. The summed E-state index contributed by atoms with van der Waals surface area (Å²) in [4.78, 5) is 23.2. The van der Waals surface area contributed by atoms with Crippen molar-refractivity contribution >= 4 is 21.6 Å². The molecule has 0 saturated carbocycles. The number of aromatic amines is 1. The van der Waals surface area contributed by atoms with E-state index in [0.29, 0.717) is 11.9 Å². The molecule has 0 radical (unpaired) electrons. The second-order valence-corrected chi connectivity index (χ2v) is 6.53. The molecule has 0 bridgehead atoms. The fourth-order valence-corrected chi connectivity index (χ4v) is 3.64. The Hall–Kier alpha value is -1.98. The van der Waals surface area contributed by atoms with Gasteiger partial charge in [-0.15, -0.1) is 11.3 Å². The van der Waals surface area contributed by atoms with E-state index in [2.05, 4.69) is 59.9 Å². The normalized spacial score (nSPS) is 11.5. The molecule has 23 heavy (non-hydrogen) atoms. The Morgan fingerprint density at radius 3 is 2.52 bits per heavy atom. The van der Waals surface area contributed by atoms with E-state index in [0.717, 1.165) is 34.9 Å². The maximum atomic E-state index is 12.6. The third kappa shape index (κ3) is 3.21.